The van der Waals surface area contributed by atoms with Crippen LogP contribution in [-0.4, -0.2) is 66.2 Å². The third-order valence-corrected chi connectivity index (χ3v) is 8.15. The number of hydrogen-bond acceptors (Lipinski definition) is 4. The second-order valence-corrected chi connectivity index (χ2v) is 10.4. The highest BCUT2D eigenvalue weighted by Gasteiger charge is 2.42. The lowest BCUT2D eigenvalue weighted by atomic mass is 9.74. The Morgan fingerprint density at radius 1 is 1.08 bits per heavy atom. The number of benzene rings is 2. The Morgan fingerprint density at radius 3 is 2.47 bits per heavy atom. The monoisotopic (exact) mass is 499 g/mol. The summed E-state index contributed by atoms with van der Waals surface area (Å²) in [5.74, 6) is -1.63. The van der Waals surface area contributed by atoms with Crippen LogP contribution in [-0.2, 0) is 10.2 Å². The van der Waals surface area contributed by atoms with Gasteiger partial charge in [-0.05, 0) is 80.1 Å². The summed E-state index contributed by atoms with van der Waals surface area (Å²) < 4.78 is 40.8. The first-order chi connectivity index (χ1) is 17.3. The quantitative estimate of drug-likeness (QED) is 0.607. The van der Waals surface area contributed by atoms with Crippen molar-refractivity contribution in [1.29, 1.82) is 0 Å². The molecule has 2 N–H and O–H groups in total. The zero-order valence-corrected chi connectivity index (χ0v) is 20.2. The zero-order chi connectivity index (χ0) is 25.3. The van der Waals surface area contributed by atoms with E-state index in [9.17, 15) is 23.1 Å². The first-order valence-electron chi connectivity index (χ1n) is 12.7. The van der Waals surface area contributed by atoms with Gasteiger partial charge in [0.15, 0.2) is 0 Å². The fourth-order valence-corrected chi connectivity index (χ4v) is 5.97. The van der Waals surface area contributed by atoms with Crippen molar-refractivity contribution in [3.8, 4) is 0 Å². The van der Waals surface area contributed by atoms with Crippen molar-refractivity contribution in [1.82, 2.24) is 9.80 Å². The number of fused-ring (bicyclic) bond motifs is 2. The van der Waals surface area contributed by atoms with E-state index in [4.69, 9.17) is 0 Å². The molecule has 5 nitrogen and oxygen atoms in total. The van der Waals surface area contributed by atoms with Gasteiger partial charge in [-0.15, -0.1) is 0 Å². The van der Waals surface area contributed by atoms with Crippen LogP contribution < -0.4 is 5.32 Å². The van der Waals surface area contributed by atoms with Gasteiger partial charge in [0.1, 0.15) is 17.5 Å². The van der Waals surface area contributed by atoms with Gasteiger partial charge in [-0.25, -0.2) is 13.2 Å². The number of anilines is 1. The molecule has 0 radical (unpaired) electrons. The fourth-order valence-electron chi connectivity index (χ4n) is 5.97. The third kappa shape index (κ3) is 5.15. The van der Waals surface area contributed by atoms with Crippen LogP contribution >= 0.6 is 0 Å². The van der Waals surface area contributed by atoms with Gasteiger partial charge < -0.3 is 20.2 Å². The number of nitrogens with zero attached hydrogens (tertiary/aromatic N) is 2. The van der Waals surface area contributed by atoms with Crippen LogP contribution in [0.2, 0.25) is 0 Å². The first-order valence-corrected chi connectivity index (χ1v) is 12.7. The number of halogens is 3. The van der Waals surface area contributed by atoms with Crippen LogP contribution in [0.25, 0.3) is 6.08 Å². The van der Waals surface area contributed by atoms with Crippen molar-refractivity contribution in [2.45, 2.75) is 37.2 Å². The van der Waals surface area contributed by atoms with Gasteiger partial charge in [0, 0.05) is 43.7 Å². The lowest BCUT2D eigenvalue weighted by Crippen LogP contribution is -2.48. The number of nitrogens with one attached hydrogen (secondary N) is 1. The lowest BCUT2D eigenvalue weighted by molar-refractivity contribution is -0.128. The van der Waals surface area contributed by atoms with Crippen LogP contribution in [0.1, 0.15) is 36.8 Å². The summed E-state index contributed by atoms with van der Waals surface area (Å²) >= 11 is 0. The number of para-hydroxylation sites is 1. The van der Waals surface area contributed by atoms with E-state index >= 15 is 0 Å². The van der Waals surface area contributed by atoms with Crippen LogP contribution in [0, 0.1) is 23.4 Å². The average Bonchev–Trinajstić information content (AvgIpc) is 3.23. The number of rotatable bonds is 5. The van der Waals surface area contributed by atoms with Gasteiger partial charge >= 0.3 is 0 Å². The van der Waals surface area contributed by atoms with Gasteiger partial charge in [0.05, 0.1) is 11.8 Å². The normalized spacial score (nSPS) is 21.1. The van der Waals surface area contributed by atoms with Crippen LogP contribution in [0.4, 0.5) is 18.9 Å². The number of aliphatic hydroxyl groups excluding tert-OH is 1. The molecule has 3 aliphatic rings. The maximum atomic E-state index is 14.1. The molecule has 0 aliphatic carbocycles. The smallest absolute Gasteiger partial charge is 0.246 e. The summed E-state index contributed by atoms with van der Waals surface area (Å²) in [5, 5.41) is 14.2. The second-order valence-electron chi connectivity index (χ2n) is 10.4. The van der Waals surface area contributed by atoms with Crippen LogP contribution in [0.15, 0.2) is 42.5 Å². The predicted octanol–water partition coefficient (Wildman–Crippen LogP) is 4.18. The second kappa shape index (κ2) is 10.3. The molecule has 0 aromatic heterocycles. The average molecular weight is 500 g/mol. The Labute approximate surface area is 209 Å². The van der Waals surface area contributed by atoms with Crippen molar-refractivity contribution in [3.05, 3.63) is 71.1 Å². The number of β-amino-alcohol motifs (C(OH)–C–C–N with tert-alkyl or cyclic N) is 1. The van der Waals surface area contributed by atoms with E-state index in [1.807, 2.05) is 6.07 Å². The minimum atomic E-state index is -0.681. The maximum Gasteiger partial charge on any atom is 0.246 e. The molecule has 5 rings (SSSR count). The van der Waals surface area contributed by atoms with E-state index in [0.29, 0.717) is 43.7 Å². The van der Waals surface area contributed by atoms with Crippen molar-refractivity contribution >= 4 is 17.7 Å². The Hall–Kier alpha value is -2.84. The predicted molar refractivity (Wildman–Crippen MR) is 133 cm³/mol. The maximum absolute atomic E-state index is 14.1. The fraction of sp³-hybridized carbons (Fsp3) is 0.464. The minimum Gasteiger partial charge on any atom is -0.392 e. The van der Waals surface area contributed by atoms with E-state index in [0.717, 1.165) is 44.1 Å². The SMILES string of the molecule is O=C(C=Cc1cc(F)cc(F)c1)N1CCC(C(O)CN2CCC3(CC2)CNc2c(F)cccc23)CC1. The molecular formula is C28H32F3N3O2. The first kappa shape index (κ1) is 24.8. The summed E-state index contributed by atoms with van der Waals surface area (Å²) in [6, 6.07) is 8.47. The molecule has 1 unspecified atom stereocenters. The number of aliphatic hydroxyl groups is 1. The van der Waals surface area contributed by atoms with Crippen molar-refractivity contribution in [2.24, 2.45) is 5.92 Å². The molecule has 2 aromatic carbocycles. The Bertz CT molecular complexity index is 1120. The highest BCUT2D eigenvalue weighted by atomic mass is 19.1. The van der Waals surface area contributed by atoms with Gasteiger partial charge in [-0.2, -0.15) is 0 Å². The molecular weight excluding hydrogens is 467 g/mol. The van der Waals surface area contributed by atoms with E-state index in [-0.39, 0.29) is 23.1 Å². The third-order valence-electron chi connectivity index (χ3n) is 8.15. The van der Waals surface area contributed by atoms with E-state index in [1.165, 1.54) is 30.4 Å². The molecule has 1 atom stereocenters. The van der Waals surface area contributed by atoms with Crippen LogP contribution in [0.5, 0.6) is 0 Å². The highest BCUT2D eigenvalue weighted by molar-refractivity contribution is 5.91. The van der Waals surface area contributed by atoms with Gasteiger partial charge in [0.25, 0.3) is 0 Å². The Morgan fingerprint density at radius 2 is 1.78 bits per heavy atom. The molecule has 1 amide bonds. The van der Waals surface area contributed by atoms with Gasteiger partial charge in [-0.3, -0.25) is 4.79 Å². The van der Waals surface area contributed by atoms with E-state index in [2.05, 4.69) is 10.2 Å². The molecule has 8 heteroatoms. The molecule has 3 heterocycles. The molecule has 36 heavy (non-hydrogen) atoms. The number of carbonyl (C=O) groups excluding carboxylic acids is 1. The summed E-state index contributed by atoms with van der Waals surface area (Å²) in [6.45, 7) is 4.16. The number of carbonyl (C=O) groups is 1. The topological polar surface area (TPSA) is 55.8 Å². The van der Waals surface area contributed by atoms with Gasteiger partial charge in [0.2, 0.25) is 5.91 Å². The van der Waals surface area contributed by atoms with E-state index in [1.54, 1.807) is 11.0 Å². The molecule has 2 aromatic rings. The molecule has 0 saturated carbocycles. The number of piperidine rings is 2. The molecule has 2 fully saturated rings. The van der Waals surface area contributed by atoms with Gasteiger partial charge in [-0.1, -0.05) is 12.1 Å². The number of likely N-dealkylation sites (tertiary alicyclic amines) is 2. The summed E-state index contributed by atoms with van der Waals surface area (Å²) in [6.07, 6.45) is 5.58. The molecule has 1 spiro atoms. The number of amides is 1. The summed E-state index contributed by atoms with van der Waals surface area (Å²) in [4.78, 5) is 16.5. The summed E-state index contributed by atoms with van der Waals surface area (Å²) in [7, 11) is 0. The molecule has 3 aliphatic heterocycles. The molecule has 0 bridgehead atoms. The standard InChI is InChI=1S/C28H32F3N3O2/c29-21-14-19(15-22(30)16-21)4-5-26(36)34-10-6-20(7-11-34)25(35)17-33-12-8-28(9-13-33)18-32-27-23(28)2-1-3-24(27)31/h1-5,14-16,20,25,32,35H,6-13,17-18H2. The van der Waals surface area contributed by atoms with Crippen molar-refractivity contribution in [2.75, 3.05) is 44.6 Å². The molecule has 2 saturated heterocycles. The molecule has 192 valence electrons. The Kier molecular flexibility index (Phi) is 7.08. The van der Waals surface area contributed by atoms with Crippen molar-refractivity contribution in [3.63, 3.8) is 0 Å². The van der Waals surface area contributed by atoms with E-state index < -0.39 is 17.7 Å². The Balaban J connectivity index is 1.09. The number of hydrogen-bond donors (Lipinski definition) is 2. The summed E-state index contributed by atoms with van der Waals surface area (Å²) in [5.41, 5.74) is 1.99. The van der Waals surface area contributed by atoms with Crippen molar-refractivity contribution < 1.29 is 23.1 Å². The zero-order valence-electron chi connectivity index (χ0n) is 20.2. The highest BCUT2D eigenvalue weighted by Crippen LogP contribution is 2.45. The lowest BCUT2D eigenvalue weighted by Gasteiger charge is -2.41. The van der Waals surface area contributed by atoms with Crippen LogP contribution in [0.3, 0.4) is 0 Å². The largest absolute Gasteiger partial charge is 0.392 e. The minimum absolute atomic E-state index is 0.0323.